The van der Waals surface area contributed by atoms with E-state index < -0.39 is 0 Å². The Labute approximate surface area is 313 Å². The van der Waals surface area contributed by atoms with Crippen molar-refractivity contribution in [1.82, 2.24) is 0 Å². The second-order valence-electron chi connectivity index (χ2n) is 16.6. The van der Waals surface area contributed by atoms with Crippen LogP contribution in [0.5, 0.6) is 0 Å². The first-order valence-electron chi connectivity index (χ1n) is 19.5. The molecule has 0 radical (unpaired) electrons. The van der Waals surface area contributed by atoms with Crippen LogP contribution < -0.4 is 4.90 Å². The number of hydrogen-bond acceptors (Lipinski definition) is 1. The van der Waals surface area contributed by atoms with Gasteiger partial charge in [-0.05, 0) is 140 Å². The number of anilines is 3. The van der Waals surface area contributed by atoms with Crippen LogP contribution in [0.2, 0.25) is 0 Å². The highest BCUT2D eigenvalue weighted by Gasteiger charge is 2.56. The Morgan fingerprint density at radius 1 is 0.434 bits per heavy atom. The third-order valence-corrected chi connectivity index (χ3v) is 13.5. The lowest BCUT2D eigenvalue weighted by molar-refractivity contribution is 0.327. The van der Waals surface area contributed by atoms with Gasteiger partial charge in [0.15, 0.2) is 0 Å². The molecule has 4 aliphatic rings. The molecule has 0 amide bonds. The molecule has 53 heavy (non-hydrogen) atoms. The van der Waals surface area contributed by atoms with Crippen molar-refractivity contribution in [3.05, 3.63) is 186 Å². The largest absolute Gasteiger partial charge is 0.310 e. The summed E-state index contributed by atoms with van der Waals surface area (Å²) < 4.78 is 0. The zero-order chi connectivity index (χ0) is 35.3. The van der Waals surface area contributed by atoms with Crippen LogP contribution in [0, 0.1) is 11.8 Å². The summed E-state index contributed by atoms with van der Waals surface area (Å²) in [6.07, 6.45) is 5.45. The van der Waals surface area contributed by atoms with Gasteiger partial charge in [0.2, 0.25) is 0 Å². The molecule has 0 heterocycles. The van der Waals surface area contributed by atoms with Gasteiger partial charge in [0, 0.05) is 27.9 Å². The quantitative estimate of drug-likeness (QED) is 0.175. The monoisotopic (exact) mass is 681 g/mol. The summed E-state index contributed by atoms with van der Waals surface area (Å²) in [5, 5.41) is 0. The number of fused-ring (bicyclic) bond motifs is 11. The van der Waals surface area contributed by atoms with Gasteiger partial charge >= 0.3 is 0 Å². The Morgan fingerprint density at radius 2 is 1.02 bits per heavy atom. The molecule has 0 aliphatic heterocycles. The standard InChI is InChI=1S/C52H43N/c1-51(2)47-17-8-6-15-43(47)45-28-26-42(32-49(45)51)53(40-24-20-36(21-25-40)35-11-4-3-5-12-35)41-14-10-13-37(30-41)38-22-27-46-44-16-7-9-18-48(44)52(50(46)31-38)33-34-19-23-39(52)29-34/h3-18,20-22,24-28,30-32,34,39H,19,23,29,33H2,1-2H3. The van der Waals surface area contributed by atoms with Gasteiger partial charge in [-0.25, -0.2) is 0 Å². The highest BCUT2D eigenvalue weighted by atomic mass is 15.1. The SMILES string of the molecule is CC1(C)c2ccccc2-c2ccc(N(c3ccc(-c4ccccc4)cc3)c3cccc(-c4ccc5c(c4)C4(CC6CCC4C6)c4ccccc4-5)c3)cc21. The zero-order valence-electron chi connectivity index (χ0n) is 30.5. The molecule has 2 saturated carbocycles. The zero-order valence-corrected chi connectivity index (χ0v) is 30.5. The molecule has 11 rings (SSSR count). The molecule has 0 N–H and O–H groups in total. The predicted octanol–water partition coefficient (Wildman–Crippen LogP) is 13.9. The van der Waals surface area contributed by atoms with Gasteiger partial charge in [0.25, 0.3) is 0 Å². The summed E-state index contributed by atoms with van der Waals surface area (Å²) >= 11 is 0. The van der Waals surface area contributed by atoms with Gasteiger partial charge < -0.3 is 4.90 Å². The molecule has 3 atom stereocenters. The van der Waals surface area contributed by atoms with E-state index in [1.165, 1.54) is 92.7 Å². The summed E-state index contributed by atoms with van der Waals surface area (Å²) in [5.74, 6) is 1.61. The summed E-state index contributed by atoms with van der Waals surface area (Å²) in [6.45, 7) is 4.74. The molecule has 7 aromatic rings. The molecular formula is C52H43N. The number of nitrogens with zero attached hydrogens (tertiary/aromatic N) is 1. The molecule has 2 fully saturated rings. The Bertz CT molecular complexity index is 2560. The van der Waals surface area contributed by atoms with Crippen LogP contribution >= 0.6 is 0 Å². The van der Waals surface area contributed by atoms with Crippen molar-refractivity contribution >= 4 is 17.1 Å². The smallest absolute Gasteiger partial charge is 0.0467 e. The third kappa shape index (κ3) is 4.50. The highest BCUT2D eigenvalue weighted by Crippen LogP contribution is 2.66. The Hall–Kier alpha value is -5.66. The fraction of sp³-hybridized carbons (Fsp3) is 0.192. The summed E-state index contributed by atoms with van der Waals surface area (Å²) in [6, 6.07) is 61.7. The maximum absolute atomic E-state index is 2.57. The van der Waals surface area contributed by atoms with Crippen LogP contribution in [0.3, 0.4) is 0 Å². The van der Waals surface area contributed by atoms with Gasteiger partial charge in [0.05, 0.1) is 0 Å². The van der Waals surface area contributed by atoms with Gasteiger partial charge in [-0.3, -0.25) is 0 Å². The van der Waals surface area contributed by atoms with E-state index in [-0.39, 0.29) is 10.8 Å². The fourth-order valence-corrected chi connectivity index (χ4v) is 11.1. The Balaban J connectivity index is 1.04. The van der Waals surface area contributed by atoms with Gasteiger partial charge in [0.1, 0.15) is 0 Å². The van der Waals surface area contributed by atoms with Gasteiger partial charge in [-0.2, -0.15) is 0 Å². The first-order valence-corrected chi connectivity index (χ1v) is 19.5. The minimum atomic E-state index is -0.0791. The van der Waals surface area contributed by atoms with Crippen molar-refractivity contribution in [1.29, 1.82) is 0 Å². The van der Waals surface area contributed by atoms with Crippen molar-refractivity contribution in [2.24, 2.45) is 11.8 Å². The second-order valence-corrected chi connectivity index (χ2v) is 16.6. The summed E-state index contributed by atoms with van der Waals surface area (Å²) in [4.78, 5) is 2.46. The molecule has 4 aliphatic carbocycles. The molecule has 256 valence electrons. The molecule has 1 heteroatoms. The first kappa shape index (κ1) is 30.9. The van der Waals surface area contributed by atoms with Crippen LogP contribution in [0.1, 0.15) is 61.8 Å². The molecule has 0 aromatic heterocycles. The van der Waals surface area contributed by atoms with Crippen molar-refractivity contribution in [3.63, 3.8) is 0 Å². The molecule has 2 bridgehead atoms. The lowest BCUT2D eigenvalue weighted by atomic mass is 9.66. The maximum atomic E-state index is 2.57. The number of hydrogen-bond donors (Lipinski definition) is 0. The molecule has 3 unspecified atom stereocenters. The Kier molecular flexibility index (Phi) is 6.66. The minimum absolute atomic E-state index is 0.0791. The highest BCUT2D eigenvalue weighted by molar-refractivity contribution is 5.88. The normalized spacial score (nSPS) is 20.9. The van der Waals surface area contributed by atoms with Crippen LogP contribution in [0.15, 0.2) is 164 Å². The van der Waals surface area contributed by atoms with E-state index in [4.69, 9.17) is 0 Å². The average molecular weight is 682 g/mol. The maximum Gasteiger partial charge on any atom is 0.0467 e. The van der Waals surface area contributed by atoms with Gasteiger partial charge in [-0.1, -0.05) is 142 Å². The van der Waals surface area contributed by atoms with E-state index in [0.717, 1.165) is 17.5 Å². The predicted molar refractivity (Wildman–Crippen MR) is 221 cm³/mol. The van der Waals surface area contributed by atoms with Gasteiger partial charge in [-0.15, -0.1) is 0 Å². The van der Waals surface area contributed by atoms with Crippen LogP contribution in [-0.2, 0) is 10.8 Å². The van der Waals surface area contributed by atoms with Crippen molar-refractivity contribution in [3.8, 4) is 44.5 Å². The van der Waals surface area contributed by atoms with E-state index in [1.807, 2.05) is 0 Å². The van der Waals surface area contributed by atoms with Crippen molar-refractivity contribution in [2.45, 2.75) is 50.4 Å². The van der Waals surface area contributed by atoms with Crippen molar-refractivity contribution in [2.75, 3.05) is 4.90 Å². The number of rotatable bonds is 5. The Morgan fingerprint density at radius 3 is 1.79 bits per heavy atom. The van der Waals surface area contributed by atoms with Crippen molar-refractivity contribution < 1.29 is 0 Å². The van der Waals surface area contributed by atoms with Crippen LogP contribution in [0.25, 0.3) is 44.5 Å². The van der Waals surface area contributed by atoms with E-state index in [9.17, 15) is 0 Å². The first-order chi connectivity index (χ1) is 26.0. The lowest BCUT2D eigenvalue weighted by Crippen LogP contribution is -2.31. The van der Waals surface area contributed by atoms with Crippen LogP contribution in [0.4, 0.5) is 17.1 Å². The average Bonchev–Trinajstić information content (AvgIpc) is 3.96. The second kappa shape index (κ2) is 11.4. The fourth-order valence-electron chi connectivity index (χ4n) is 11.1. The van der Waals surface area contributed by atoms with E-state index >= 15 is 0 Å². The van der Waals surface area contributed by atoms with E-state index in [0.29, 0.717) is 0 Å². The lowest BCUT2D eigenvalue weighted by Gasteiger charge is -2.36. The topological polar surface area (TPSA) is 3.24 Å². The van der Waals surface area contributed by atoms with E-state index in [2.05, 4.69) is 183 Å². The molecular weight excluding hydrogens is 639 g/mol. The van der Waals surface area contributed by atoms with E-state index in [1.54, 1.807) is 11.1 Å². The summed E-state index contributed by atoms with van der Waals surface area (Å²) in [7, 11) is 0. The number of benzene rings is 7. The summed E-state index contributed by atoms with van der Waals surface area (Å²) in [5.41, 5.74) is 20.2. The third-order valence-electron chi connectivity index (χ3n) is 13.5. The molecule has 1 nitrogen and oxygen atoms in total. The molecule has 7 aromatic carbocycles. The minimum Gasteiger partial charge on any atom is -0.310 e. The molecule has 1 spiro atoms. The molecule has 0 saturated heterocycles. The van der Waals surface area contributed by atoms with Crippen LogP contribution in [-0.4, -0.2) is 0 Å².